The molecule has 0 aliphatic rings. The van der Waals surface area contributed by atoms with Gasteiger partial charge in [-0.2, -0.15) is 0 Å². The van der Waals surface area contributed by atoms with E-state index < -0.39 is 34.5 Å². The van der Waals surface area contributed by atoms with Gasteiger partial charge in [-0.15, -0.1) is 22.7 Å². The lowest BCUT2D eigenvalue weighted by Crippen LogP contribution is -2.22. The van der Waals surface area contributed by atoms with Crippen LogP contribution < -0.4 is 10.0 Å². The summed E-state index contributed by atoms with van der Waals surface area (Å²) in [5.41, 5.74) is 1.45. The highest BCUT2D eigenvalue weighted by Crippen LogP contribution is 2.36. The fraction of sp³-hybridized carbons (Fsp3) is 0.115. The number of sulfonamides is 1. The molecule has 2 N–H and O–H groups in total. The molecule has 13 heteroatoms. The summed E-state index contributed by atoms with van der Waals surface area (Å²) in [6, 6.07) is 17.8. The Morgan fingerprint density at radius 3 is 2.33 bits per heavy atom. The van der Waals surface area contributed by atoms with Crippen molar-refractivity contribution in [3.8, 4) is 11.1 Å². The number of carbonyl (C=O) groups excluding carboxylic acids is 3. The summed E-state index contributed by atoms with van der Waals surface area (Å²) in [6.07, 6.45) is 0. The lowest BCUT2D eigenvalue weighted by molar-refractivity contribution is -0.119. The fourth-order valence-electron chi connectivity index (χ4n) is 3.44. The van der Waals surface area contributed by atoms with E-state index in [-0.39, 0.29) is 32.6 Å². The third-order valence-corrected chi connectivity index (χ3v) is 9.13. The zero-order chi connectivity index (χ0) is 28.0. The Balaban J connectivity index is 1.47. The van der Waals surface area contributed by atoms with E-state index in [0.717, 1.165) is 28.2 Å². The molecule has 2 aromatic heterocycles. The van der Waals surface area contributed by atoms with E-state index in [4.69, 9.17) is 21.1 Å². The maximum atomic E-state index is 12.8. The van der Waals surface area contributed by atoms with E-state index in [0.29, 0.717) is 9.90 Å². The first kappa shape index (κ1) is 28.3. The van der Waals surface area contributed by atoms with Crippen molar-refractivity contribution in [3.63, 3.8) is 0 Å². The second-order valence-electron chi connectivity index (χ2n) is 7.77. The molecule has 0 spiro atoms. The van der Waals surface area contributed by atoms with Crippen molar-refractivity contribution in [2.24, 2.45) is 0 Å². The second-order valence-corrected chi connectivity index (χ2v) is 12.3. The number of hydrogen-bond donors (Lipinski definition) is 2. The van der Waals surface area contributed by atoms with Crippen molar-refractivity contribution in [2.45, 2.75) is 11.1 Å². The van der Waals surface area contributed by atoms with Crippen LogP contribution in [0.4, 0.5) is 10.7 Å². The SMILES string of the molecule is CCOC(=O)c1c(-c2ccccc2)csc1NC(=O)COC(=O)c1ccccc1NS(=O)(=O)c1ccc(Cl)s1. The Morgan fingerprint density at radius 1 is 0.923 bits per heavy atom. The maximum absolute atomic E-state index is 12.8. The van der Waals surface area contributed by atoms with Gasteiger partial charge >= 0.3 is 11.9 Å². The van der Waals surface area contributed by atoms with E-state index in [1.54, 1.807) is 18.4 Å². The molecule has 4 aromatic rings. The van der Waals surface area contributed by atoms with Crippen LogP contribution in [0.1, 0.15) is 27.6 Å². The van der Waals surface area contributed by atoms with Crippen molar-refractivity contribution < 1.29 is 32.3 Å². The minimum Gasteiger partial charge on any atom is -0.462 e. The average molecular weight is 605 g/mol. The molecule has 202 valence electrons. The number of thiophene rings is 2. The molecule has 2 aromatic carbocycles. The quantitative estimate of drug-likeness (QED) is 0.216. The van der Waals surface area contributed by atoms with Crippen LogP contribution in [0.15, 0.2) is 76.3 Å². The largest absolute Gasteiger partial charge is 0.462 e. The predicted octanol–water partition coefficient (Wildman–Crippen LogP) is 5.90. The second kappa shape index (κ2) is 12.4. The number of amides is 1. The van der Waals surface area contributed by atoms with Gasteiger partial charge in [-0.05, 0) is 36.8 Å². The number of anilines is 2. The van der Waals surface area contributed by atoms with Gasteiger partial charge in [0.25, 0.3) is 15.9 Å². The van der Waals surface area contributed by atoms with Crippen LogP contribution >= 0.6 is 34.3 Å². The van der Waals surface area contributed by atoms with Crippen LogP contribution in [0.5, 0.6) is 0 Å². The molecule has 4 rings (SSSR count). The van der Waals surface area contributed by atoms with Crippen molar-refractivity contribution in [2.75, 3.05) is 23.3 Å². The molecule has 1 amide bonds. The normalized spacial score (nSPS) is 11.0. The molecular weight excluding hydrogens is 584 g/mol. The highest BCUT2D eigenvalue weighted by Gasteiger charge is 2.24. The van der Waals surface area contributed by atoms with Crippen LogP contribution in [0.25, 0.3) is 11.1 Å². The Morgan fingerprint density at radius 2 is 1.64 bits per heavy atom. The number of ether oxygens (including phenoxy) is 2. The van der Waals surface area contributed by atoms with Crippen LogP contribution in [-0.2, 0) is 24.3 Å². The minimum absolute atomic E-state index is 0.0252. The Labute approximate surface area is 237 Å². The topological polar surface area (TPSA) is 128 Å². The van der Waals surface area contributed by atoms with E-state index in [1.165, 1.54) is 30.3 Å². The van der Waals surface area contributed by atoms with Gasteiger partial charge in [-0.25, -0.2) is 18.0 Å². The van der Waals surface area contributed by atoms with E-state index >= 15 is 0 Å². The van der Waals surface area contributed by atoms with Crippen molar-refractivity contribution in [1.82, 2.24) is 0 Å². The smallest absolute Gasteiger partial charge is 0.341 e. The number of rotatable bonds is 10. The van der Waals surface area contributed by atoms with Gasteiger partial charge in [0, 0.05) is 10.9 Å². The monoisotopic (exact) mass is 604 g/mol. The standard InChI is InChI=1S/C26H21ClN2O7S3/c1-2-35-26(32)23-18(16-8-4-3-5-9-16)15-37-24(23)28-21(30)14-36-25(31)17-10-6-7-11-19(17)29-39(33,34)22-13-12-20(27)38-22/h3-13,15,29H,2,14H2,1H3,(H,28,30). The first-order valence-electron chi connectivity index (χ1n) is 11.4. The van der Waals surface area contributed by atoms with E-state index in [2.05, 4.69) is 10.0 Å². The van der Waals surface area contributed by atoms with Gasteiger partial charge in [0.15, 0.2) is 6.61 Å². The molecule has 0 fully saturated rings. The zero-order valence-electron chi connectivity index (χ0n) is 20.3. The van der Waals surface area contributed by atoms with Gasteiger partial charge in [0.1, 0.15) is 14.8 Å². The summed E-state index contributed by atoms with van der Waals surface area (Å²) >= 11 is 7.84. The summed E-state index contributed by atoms with van der Waals surface area (Å²) in [6.45, 7) is 1.15. The number of benzene rings is 2. The molecule has 0 unspecified atom stereocenters. The summed E-state index contributed by atoms with van der Waals surface area (Å²) in [4.78, 5) is 38.1. The first-order valence-corrected chi connectivity index (χ1v) is 14.9. The minimum atomic E-state index is -4.00. The molecule has 0 bridgehead atoms. The Hall–Kier alpha value is -3.71. The van der Waals surface area contributed by atoms with Gasteiger partial charge < -0.3 is 14.8 Å². The average Bonchev–Trinajstić information content (AvgIpc) is 3.55. The zero-order valence-corrected chi connectivity index (χ0v) is 23.5. The summed E-state index contributed by atoms with van der Waals surface area (Å²) in [5, 5.41) is 4.58. The molecular formula is C26H21ClN2O7S3. The van der Waals surface area contributed by atoms with Crippen LogP contribution in [0, 0.1) is 0 Å². The van der Waals surface area contributed by atoms with E-state index in [1.807, 2.05) is 30.3 Å². The van der Waals surface area contributed by atoms with E-state index in [9.17, 15) is 22.8 Å². The summed E-state index contributed by atoms with van der Waals surface area (Å²) < 4.78 is 38.3. The Kier molecular flexibility index (Phi) is 9.02. The molecule has 2 heterocycles. The molecule has 0 saturated heterocycles. The lowest BCUT2D eigenvalue weighted by Gasteiger charge is -2.12. The maximum Gasteiger partial charge on any atom is 0.341 e. The van der Waals surface area contributed by atoms with Gasteiger partial charge in [-0.1, -0.05) is 54.1 Å². The van der Waals surface area contributed by atoms with Crippen LogP contribution in [0.3, 0.4) is 0 Å². The molecule has 0 aliphatic heterocycles. The Bertz CT molecular complexity index is 1620. The number of halogens is 1. The molecule has 0 radical (unpaired) electrons. The molecule has 0 aliphatic carbocycles. The van der Waals surface area contributed by atoms with Crippen molar-refractivity contribution in [3.05, 3.63) is 87.6 Å². The molecule has 0 saturated carbocycles. The predicted molar refractivity (Wildman–Crippen MR) is 151 cm³/mol. The number of nitrogens with one attached hydrogen (secondary N) is 2. The number of para-hydroxylation sites is 1. The molecule has 0 atom stereocenters. The van der Waals surface area contributed by atoms with Crippen LogP contribution in [-0.4, -0.2) is 39.5 Å². The molecule has 9 nitrogen and oxygen atoms in total. The summed E-state index contributed by atoms with van der Waals surface area (Å²) in [7, 11) is -4.00. The third kappa shape index (κ3) is 6.84. The highest BCUT2D eigenvalue weighted by molar-refractivity contribution is 7.94. The van der Waals surface area contributed by atoms with Gasteiger partial charge in [-0.3, -0.25) is 9.52 Å². The lowest BCUT2D eigenvalue weighted by atomic mass is 10.0. The van der Waals surface area contributed by atoms with Crippen molar-refractivity contribution >= 4 is 72.8 Å². The highest BCUT2D eigenvalue weighted by atomic mass is 35.5. The fourth-order valence-corrected chi connectivity index (χ4v) is 6.98. The van der Waals surface area contributed by atoms with Gasteiger partial charge in [0.2, 0.25) is 0 Å². The van der Waals surface area contributed by atoms with Gasteiger partial charge in [0.05, 0.1) is 22.2 Å². The number of carbonyl (C=O) groups is 3. The number of esters is 2. The third-order valence-electron chi connectivity index (χ3n) is 5.15. The first-order chi connectivity index (χ1) is 18.7. The number of hydrogen-bond acceptors (Lipinski definition) is 9. The summed E-state index contributed by atoms with van der Waals surface area (Å²) in [5.74, 6) is -2.21. The van der Waals surface area contributed by atoms with Crippen molar-refractivity contribution in [1.29, 1.82) is 0 Å². The van der Waals surface area contributed by atoms with Crippen LogP contribution in [0.2, 0.25) is 4.34 Å². The molecule has 39 heavy (non-hydrogen) atoms.